The van der Waals surface area contributed by atoms with Crippen molar-refractivity contribution in [2.45, 2.75) is 176 Å². The van der Waals surface area contributed by atoms with Crippen molar-refractivity contribution in [3.8, 4) is 0 Å². The molecule has 286 valence electrons. The average Bonchev–Trinajstić information content (AvgIpc) is 2.93. The van der Waals surface area contributed by atoms with Crippen LogP contribution in [0.15, 0.2) is 36.5 Å². The van der Waals surface area contributed by atoms with Crippen LogP contribution in [0.25, 0.3) is 0 Å². The number of aldehydes is 1. The Morgan fingerprint density at radius 3 is 1.55 bits per heavy atom. The van der Waals surface area contributed by atoms with Crippen molar-refractivity contribution < 1.29 is 27.6 Å². The monoisotopic (exact) mass is 739 g/mol. The maximum absolute atomic E-state index is 11.7. The molecule has 0 spiro atoms. The molecule has 0 aliphatic carbocycles. The van der Waals surface area contributed by atoms with Crippen LogP contribution in [0.1, 0.15) is 103 Å². The Bertz CT molecular complexity index is 1100. The lowest BCUT2D eigenvalue weighted by Crippen LogP contribution is -2.48. The van der Waals surface area contributed by atoms with Crippen molar-refractivity contribution in [2.24, 2.45) is 23.7 Å². The van der Waals surface area contributed by atoms with E-state index in [1.54, 1.807) is 6.08 Å². The van der Waals surface area contributed by atoms with Gasteiger partial charge in [-0.1, -0.05) is 120 Å². The van der Waals surface area contributed by atoms with Crippen LogP contribution in [0.4, 0.5) is 0 Å². The quantitative estimate of drug-likeness (QED) is 0.0328. The Kier molecular flexibility index (Phi) is 18.7. The summed E-state index contributed by atoms with van der Waals surface area (Å²) in [6.07, 6.45) is 14.1. The molecule has 0 heterocycles. The fourth-order valence-corrected chi connectivity index (χ4v) is 9.07. The molecule has 0 saturated heterocycles. The standard InChI is InChI=1S/C40H78O6Si3/c1-30(29-41)27-33(4)37(46-49(19,20)40(11,12)13)32(3)25-26-34(44-47(15,16)38(5,6)7)28-35(45-48(17,18)39(8,9)10)31(2)23-21-22-24-36(42)43-14/h21-26,29-35,37H,27-28H2,1-20H3/b23-21+,24-22-,26-25-/t30-,31+,32+,33+,34-,35+,37+/m1/s1. The van der Waals surface area contributed by atoms with Gasteiger partial charge in [0.2, 0.25) is 0 Å². The summed E-state index contributed by atoms with van der Waals surface area (Å²) in [5, 5.41) is 0.156. The fourth-order valence-electron chi connectivity index (χ4n) is 4.88. The molecule has 7 atom stereocenters. The molecule has 0 amide bonds. The lowest BCUT2D eigenvalue weighted by atomic mass is 9.86. The van der Waals surface area contributed by atoms with Crippen LogP contribution < -0.4 is 0 Å². The van der Waals surface area contributed by atoms with Gasteiger partial charge in [-0.05, 0) is 78.6 Å². The van der Waals surface area contributed by atoms with Crippen molar-refractivity contribution in [2.75, 3.05) is 7.11 Å². The van der Waals surface area contributed by atoms with E-state index in [0.29, 0.717) is 6.42 Å². The number of rotatable bonds is 19. The van der Waals surface area contributed by atoms with E-state index < -0.39 is 25.0 Å². The number of esters is 1. The maximum Gasteiger partial charge on any atom is 0.330 e. The molecule has 0 N–H and O–H groups in total. The molecule has 0 aromatic rings. The highest BCUT2D eigenvalue weighted by atomic mass is 28.4. The third-order valence-electron chi connectivity index (χ3n) is 11.4. The van der Waals surface area contributed by atoms with E-state index in [0.717, 1.165) is 12.7 Å². The summed E-state index contributed by atoms with van der Waals surface area (Å²) in [5.41, 5.74) is 0. The van der Waals surface area contributed by atoms with Gasteiger partial charge in [-0.15, -0.1) is 0 Å². The SMILES string of the molecule is COC(=O)/C=C\C=C\[C@H](C)[C@H](C[C@@H](/C=C\[C@H](C)[C@H](O[Si](C)(C)C(C)(C)C)[C@@H](C)C[C@@H](C)C=O)O[Si](C)(C)C(C)(C)C)O[Si](C)(C)C(C)(C)C. The minimum atomic E-state index is -2.16. The topological polar surface area (TPSA) is 71.1 Å². The van der Waals surface area contributed by atoms with Crippen molar-refractivity contribution in [3.05, 3.63) is 36.5 Å². The number of hydrogen-bond acceptors (Lipinski definition) is 6. The highest BCUT2D eigenvalue weighted by Gasteiger charge is 2.44. The first-order valence-electron chi connectivity index (χ1n) is 18.5. The summed E-state index contributed by atoms with van der Waals surface area (Å²) in [7, 11) is -5.01. The third-order valence-corrected chi connectivity index (χ3v) is 24.9. The summed E-state index contributed by atoms with van der Waals surface area (Å²) in [5.74, 6) is 0.0174. The van der Waals surface area contributed by atoms with Gasteiger partial charge in [0.05, 0.1) is 25.4 Å². The van der Waals surface area contributed by atoms with Gasteiger partial charge in [-0.3, -0.25) is 0 Å². The smallest absolute Gasteiger partial charge is 0.330 e. The predicted molar refractivity (Wildman–Crippen MR) is 218 cm³/mol. The second-order valence-corrected chi connectivity index (χ2v) is 33.4. The zero-order valence-electron chi connectivity index (χ0n) is 35.4. The van der Waals surface area contributed by atoms with Gasteiger partial charge in [0.1, 0.15) is 6.29 Å². The predicted octanol–water partition coefficient (Wildman–Crippen LogP) is 11.5. The molecule has 0 bridgehead atoms. The summed E-state index contributed by atoms with van der Waals surface area (Å²) in [6, 6.07) is 0. The Hall–Kier alpha value is -1.11. The number of methoxy groups -OCH3 is 1. The number of hydrogen-bond donors (Lipinski definition) is 0. The van der Waals surface area contributed by atoms with Gasteiger partial charge in [0, 0.05) is 18.4 Å². The van der Waals surface area contributed by atoms with Crippen LogP contribution in [0.3, 0.4) is 0 Å². The van der Waals surface area contributed by atoms with Crippen LogP contribution in [0, 0.1) is 23.7 Å². The second kappa shape index (κ2) is 19.1. The zero-order valence-corrected chi connectivity index (χ0v) is 38.4. The zero-order chi connectivity index (χ0) is 38.8. The molecule has 0 radical (unpaired) electrons. The number of carbonyl (C=O) groups excluding carboxylic acids is 2. The highest BCUT2D eigenvalue weighted by Crippen LogP contribution is 2.42. The Labute approximate surface area is 306 Å². The van der Waals surface area contributed by atoms with Crippen LogP contribution in [-0.2, 0) is 27.6 Å². The van der Waals surface area contributed by atoms with Crippen molar-refractivity contribution in [3.63, 3.8) is 0 Å². The molecule has 0 aliphatic rings. The van der Waals surface area contributed by atoms with E-state index in [-0.39, 0.29) is 63.1 Å². The number of ether oxygens (including phenoxy) is 1. The average molecular weight is 739 g/mol. The summed E-state index contributed by atoms with van der Waals surface area (Å²) in [6.45, 7) is 43.0. The van der Waals surface area contributed by atoms with Gasteiger partial charge in [0.15, 0.2) is 25.0 Å². The summed E-state index contributed by atoms with van der Waals surface area (Å²) < 4.78 is 26.3. The molecule has 0 aliphatic heterocycles. The van der Waals surface area contributed by atoms with E-state index >= 15 is 0 Å². The summed E-state index contributed by atoms with van der Waals surface area (Å²) in [4.78, 5) is 23.3. The Balaban J connectivity index is 6.94. The van der Waals surface area contributed by atoms with Crippen molar-refractivity contribution in [1.82, 2.24) is 0 Å². The Morgan fingerprint density at radius 2 is 1.10 bits per heavy atom. The molecular formula is C40H78O6Si3. The van der Waals surface area contributed by atoms with Gasteiger partial charge < -0.3 is 22.8 Å². The third kappa shape index (κ3) is 16.0. The van der Waals surface area contributed by atoms with Crippen LogP contribution >= 0.6 is 0 Å². The molecule has 0 aromatic heterocycles. The maximum atomic E-state index is 11.7. The van der Waals surface area contributed by atoms with E-state index in [1.165, 1.54) is 13.2 Å². The number of allylic oxidation sites excluding steroid dienone is 2. The second-order valence-electron chi connectivity index (χ2n) is 19.1. The van der Waals surface area contributed by atoms with E-state index in [2.05, 4.69) is 141 Å². The molecule has 49 heavy (non-hydrogen) atoms. The first-order valence-corrected chi connectivity index (χ1v) is 27.2. The van der Waals surface area contributed by atoms with Crippen LogP contribution in [0.2, 0.25) is 54.4 Å². The molecule has 0 unspecified atom stereocenters. The minimum Gasteiger partial charge on any atom is -0.466 e. The lowest BCUT2D eigenvalue weighted by Gasteiger charge is -2.43. The molecule has 0 saturated carbocycles. The summed E-state index contributed by atoms with van der Waals surface area (Å²) >= 11 is 0. The largest absolute Gasteiger partial charge is 0.466 e. The first kappa shape index (κ1) is 47.9. The van der Waals surface area contributed by atoms with Gasteiger partial charge in [0.25, 0.3) is 0 Å². The first-order chi connectivity index (χ1) is 21.9. The lowest BCUT2D eigenvalue weighted by molar-refractivity contribution is -0.134. The van der Waals surface area contributed by atoms with Gasteiger partial charge in [-0.2, -0.15) is 0 Å². The van der Waals surface area contributed by atoms with E-state index in [1.807, 2.05) is 13.0 Å². The van der Waals surface area contributed by atoms with Crippen molar-refractivity contribution in [1.29, 1.82) is 0 Å². The van der Waals surface area contributed by atoms with E-state index in [9.17, 15) is 9.59 Å². The minimum absolute atomic E-state index is 0.0170. The van der Waals surface area contributed by atoms with Gasteiger partial charge >= 0.3 is 5.97 Å². The molecular weight excluding hydrogens is 661 g/mol. The molecule has 6 nitrogen and oxygen atoms in total. The molecule has 9 heteroatoms. The number of carbonyl (C=O) groups is 2. The van der Waals surface area contributed by atoms with Crippen molar-refractivity contribution >= 4 is 37.2 Å². The molecule has 0 rings (SSSR count). The van der Waals surface area contributed by atoms with Crippen LogP contribution in [-0.4, -0.2) is 62.6 Å². The highest BCUT2D eigenvalue weighted by molar-refractivity contribution is 6.75. The fraction of sp³-hybridized carbons (Fsp3) is 0.800. The molecule has 0 aromatic carbocycles. The normalized spacial score (nSPS) is 18.8. The molecule has 0 fully saturated rings. The van der Waals surface area contributed by atoms with Crippen LogP contribution in [0.5, 0.6) is 0 Å². The van der Waals surface area contributed by atoms with Gasteiger partial charge in [-0.25, -0.2) is 4.79 Å². The Morgan fingerprint density at radius 1 is 0.633 bits per heavy atom. The van der Waals surface area contributed by atoms with E-state index in [4.69, 9.17) is 18.0 Å².